The van der Waals surface area contributed by atoms with Crippen molar-refractivity contribution in [1.82, 2.24) is 4.90 Å². The lowest BCUT2D eigenvalue weighted by Crippen LogP contribution is -2.43. The Morgan fingerprint density at radius 1 is 1.32 bits per heavy atom. The Morgan fingerprint density at radius 3 is 2.47 bits per heavy atom. The second kappa shape index (κ2) is 4.75. The summed E-state index contributed by atoms with van der Waals surface area (Å²) in [6.07, 6.45) is -0.811. The number of amides is 1. The van der Waals surface area contributed by atoms with Gasteiger partial charge in [-0.15, -0.1) is 0 Å². The molecular formula is C13H14F3NO2. The third kappa shape index (κ3) is 2.83. The fourth-order valence-electron chi connectivity index (χ4n) is 2.04. The summed E-state index contributed by atoms with van der Waals surface area (Å²) in [5, 5.41) is 9.32. The molecule has 0 atom stereocenters. The quantitative estimate of drug-likeness (QED) is 0.854. The topological polar surface area (TPSA) is 40.5 Å². The van der Waals surface area contributed by atoms with E-state index in [0.29, 0.717) is 5.56 Å². The van der Waals surface area contributed by atoms with E-state index in [9.17, 15) is 23.1 Å². The van der Waals surface area contributed by atoms with Crippen LogP contribution in [-0.4, -0.2) is 34.9 Å². The molecule has 0 bridgehead atoms. The molecule has 6 heteroatoms. The maximum Gasteiger partial charge on any atom is 0.256 e. The zero-order valence-electron chi connectivity index (χ0n) is 10.4. The van der Waals surface area contributed by atoms with Gasteiger partial charge in [-0.05, 0) is 18.6 Å². The minimum atomic E-state index is -2.75. The van der Waals surface area contributed by atoms with Crippen molar-refractivity contribution < 1.29 is 23.1 Å². The maximum atomic E-state index is 13.6. The first-order chi connectivity index (χ1) is 8.80. The van der Waals surface area contributed by atoms with E-state index in [2.05, 4.69) is 0 Å². The number of nitrogens with zero attached hydrogens (tertiary/aromatic N) is 1. The molecule has 3 nitrogen and oxygen atoms in total. The van der Waals surface area contributed by atoms with Gasteiger partial charge in [-0.1, -0.05) is 0 Å². The smallest absolute Gasteiger partial charge is 0.256 e. The van der Waals surface area contributed by atoms with Crippen LogP contribution in [0.2, 0.25) is 0 Å². The molecule has 1 fully saturated rings. The standard InChI is InChI=1S/C13H14F3NO2/c1-8-6-9(10(14)7-11(8)18)12(19)17-4-2-13(15,16)3-5-17/h6-7,18H,2-5H2,1H3. The molecule has 1 aliphatic rings. The van der Waals surface area contributed by atoms with Crippen LogP contribution in [0.25, 0.3) is 0 Å². The highest BCUT2D eigenvalue weighted by Gasteiger charge is 2.36. The van der Waals surface area contributed by atoms with Crippen LogP contribution in [0.5, 0.6) is 5.75 Å². The summed E-state index contributed by atoms with van der Waals surface area (Å²) in [5.74, 6) is -4.44. The van der Waals surface area contributed by atoms with E-state index in [1.54, 1.807) is 0 Å². The van der Waals surface area contributed by atoms with Gasteiger partial charge in [0.1, 0.15) is 11.6 Å². The number of hydrogen-bond donors (Lipinski definition) is 1. The second-order valence-electron chi connectivity index (χ2n) is 4.77. The number of likely N-dealkylation sites (tertiary alicyclic amines) is 1. The van der Waals surface area contributed by atoms with Crippen LogP contribution >= 0.6 is 0 Å². The van der Waals surface area contributed by atoms with Gasteiger partial charge in [-0.2, -0.15) is 0 Å². The maximum absolute atomic E-state index is 13.6. The summed E-state index contributed by atoms with van der Waals surface area (Å²) in [5.41, 5.74) is 0.174. The molecule has 1 aromatic carbocycles. The Morgan fingerprint density at radius 2 is 1.89 bits per heavy atom. The first-order valence-corrected chi connectivity index (χ1v) is 5.96. The van der Waals surface area contributed by atoms with Gasteiger partial charge in [0.05, 0.1) is 5.56 Å². The van der Waals surface area contributed by atoms with Crippen molar-refractivity contribution in [2.24, 2.45) is 0 Å². The molecule has 0 radical (unpaired) electrons. The lowest BCUT2D eigenvalue weighted by molar-refractivity contribution is -0.0494. The molecule has 1 amide bonds. The number of carbonyl (C=O) groups excluding carboxylic acids is 1. The van der Waals surface area contributed by atoms with Crippen molar-refractivity contribution in [1.29, 1.82) is 0 Å². The lowest BCUT2D eigenvalue weighted by Gasteiger charge is -2.31. The van der Waals surface area contributed by atoms with Crippen molar-refractivity contribution in [3.05, 3.63) is 29.1 Å². The zero-order valence-corrected chi connectivity index (χ0v) is 10.4. The number of carbonyl (C=O) groups is 1. The molecule has 1 aromatic rings. The molecule has 0 spiro atoms. The third-order valence-corrected chi connectivity index (χ3v) is 3.30. The van der Waals surface area contributed by atoms with Gasteiger partial charge >= 0.3 is 0 Å². The molecule has 2 rings (SSSR count). The number of rotatable bonds is 1. The molecule has 1 heterocycles. The Bertz CT molecular complexity index is 507. The van der Waals surface area contributed by atoms with Gasteiger partial charge in [0, 0.05) is 32.0 Å². The molecule has 0 aromatic heterocycles. The Balaban J connectivity index is 2.19. The number of halogens is 3. The monoisotopic (exact) mass is 273 g/mol. The average Bonchev–Trinajstić information content (AvgIpc) is 2.33. The number of piperidine rings is 1. The zero-order chi connectivity index (χ0) is 14.2. The van der Waals surface area contributed by atoms with Crippen molar-refractivity contribution in [3.8, 4) is 5.75 Å². The molecule has 0 unspecified atom stereocenters. The second-order valence-corrected chi connectivity index (χ2v) is 4.77. The number of phenols is 1. The fraction of sp³-hybridized carbons (Fsp3) is 0.462. The average molecular weight is 273 g/mol. The van der Waals surface area contributed by atoms with Gasteiger partial charge in [-0.25, -0.2) is 13.2 Å². The molecule has 1 aliphatic heterocycles. The van der Waals surface area contributed by atoms with E-state index in [1.165, 1.54) is 17.9 Å². The van der Waals surface area contributed by atoms with Crippen LogP contribution in [0.15, 0.2) is 12.1 Å². The van der Waals surface area contributed by atoms with E-state index in [1.807, 2.05) is 0 Å². The minimum absolute atomic E-state index is 0.0921. The Labute approximate surface area is 108 Å². The van der Waals surface area contributed by atoms with Gasteiger partial charge in [0.25, 0.3) is 11.8 Å². The predicted molar refractivity (Wildman–Crippen MR) is 62.9 cm³/mol. The number of aryl methyl sites for hydroxylation is 1. The minimum Gasteiger partial charge on any atom is -0.508 e. The van der Waals surface area contributed by atoms with Crippen LogP contribution in [0.1, 0.15) is 28.8 Å². The molecule has 104 valence electrons. The Hall–Kier alpha value is -1.72. The van der Waals surface area contributed by atoms with Crippen LogP contribution in [0.4, 0.5) is 13.2 Å². The highest BCUT2D eigenvalue weighted by molar-refractivity contribution is 5.95. The SMILES string of the molecule is Cc1cc(C(=O)N2CCC(F)(F)CC2)c(F)cc1O. The molecule has 1 N–H and O–H groups in total. The van der Waals surface area contributed by atoms with Crippen LogP contribution in [0.3, 0.4) is 0 Å². The van der Waals surface area contributed by atoms with E-state index >= 15 is 0 Å². The van der Waals surface area contributed by atoms with Gasteiger partial charge in [-0.3, -0.25) is 4.79 Å². The van der Waals surface area contributed by atoms with E-state index < -0.39 is 30.5 Å². The van der Waals surface area contributed by atoms with E-state index in [0.717, 1.165) is 6.07 Å². The molecular weight excluding hydrogens is 259 g/mol. The van der Waals surface area contributed by atoms with Gasteiger partial charge in [0.15, 0.2) is 0 Å². The number of alkyl halides is 2. The number of benzene rings is 1. The van der Waals surface area contributed by atoms with Crippen molar-refractivity contribution in [2.75, 3.05) is 13.1 Å². The normalized spacial score (nSPS) is 18.4. The van der Waals surface area contributed by atoms with Crippen molar-refractivity contribution in [2.45, 2.75) is 25.7 Å². The highest BCUT2D eigenvalue weighted by atomic mass is 19.3. The molecule has 0 aliphatic carbocycles. The van der Waals surface area contributed by atoms with Crippen LogP contribution in [-0.2, 0) is 0 Å². The number of phenolic OH excluding ortho intramolecular Hbond substituents is 1. The molecule has 1 saturated heterocycles. The third-order valence-electron chi connectivity index (χ3n) is 3.30. The summed E-state index contributed by atoms with van der Waals surface area (Å²) in [6, 6.07) is 2.10. The summed E-state index contributed by atoms with van der Waals surface area (Å²) in [6.45, 7) is 1.35. The fourth-order valence-corrected chi connectivity index (χ4v) is 2.04. The highest BCUT2D eigenvalue weighted by Crippen LogP contribution is 2.29. The first-order valence-electron chi connectivity index (χ1n) is 5.96. The number of aromatic hydroxyl groups is 1. The number of hydrogen-bond acceptors (Lipinski definition) is 2. The lowest BCUT2D eigenvalue weighted by atomic mass is 10.0. The predicted octanol–water partition coefficient (Wildman–Crippen LogP) is 2.71. The van der Waals surface area contributed by atoms with E-state index in [-0.39, 0.29) is 24.4 Å². The summed E-state index contributed by atoms with van der Waals surface area (Å²) < 4.78 is 39.6. The molecule has 19 heavy (non-hydrogen) atoms. The van der Waals surface area contributed by atoms with Crippen molar-refractivity contribution >= 4 is 5.91 Å². The van der Waals surface area contributed by atoms with Gasteiger partial charge in [0.2, 0.25) is 0 Å². The summed E-state index contributed by atoms with van der Waals surface area (Å²) in [7, 11) is 0. The molecule has 0 saturated carbocycles. The Kier molecular flexibility index (Phi) is 3.43. The van der Waals surface area contributed by atoms with Gasteiger partial charge < -0.3 is 10.0 Å². The largest absolute Gasteiger partial charge is 0.508 e. The van der Waals surface area contributed by atoms with E-state index in [4.69, 9.17) is 0 Å². The van der Waals surface area contributed by atoms with Crippen LogP contribution in [0, 0.1) is 12.7 Å². The summed E-state index contributed by atoms with van der Waals surface area (Å²) >= 11 is 0. The first kappa shape index (κ1) is 13.7. The van der Waals surface area contributed by atoms with Crippen LogP contribution < -0.4 is 0 Å². The van der Waals surface area contributed by atoms with Crippen molar-refractivity contribution in [3.63, 3.8) is 0 Å². The summed E-state index contributed by atoms with van der Waals surface area (Å²) in [4.78, 5) is 13.3.